The molecule has 5 heteroatoms. The van der Waals surface area contributed by atoms with Crippen molar-refractivity contribution in [2.45, 2.75) is 13.3 Å². The van der Waals surface area contributed by atoms with Crippen LogP contribution in [0.4, 0.5) is 4.39 Å². The van der Waals surface area contributed by atoms with E-state index < -0.39 is 5.82 Å². The van der Waals surface area contributed by atoms with Crippen molar-refractivity contribution in [1.82, 2.24) is 4.98 Å². The van der Waals surface area contributed by atoms with Crippen molar-refractivity contribution in [2.75, 3.05) is 7.11 Å². The van der Waals surface area contributed by atoms with Gasteiger partial charge in [0.15, 0.2) is 12.1 Å². The van der Waals surface area contributed by atoms with E-state index in [2.05, 4.69) is 4.98 Å². The van der Waals surface area contributed by atoms with E-state index in [1.165, 1.54) is 14.0 Å². The molecule has 0 aliphatic carbocycles. The maximum atomic E-state index is 15.3. The second kappa shape index (κ2) is 7.91. The van der Waals surface area contributed by atoms with Gasteiger partial charge in [-0.3, -0.25) is 14.6 Å². The van der Waals surface area contributed by atoms with Crippen LogP contribution in [0.2, 0.25) is 0 Å². The summed E-state index contributed by atoms with van der Waals surface area (Å²) in [5.74, 6) is -0.102. The number of Topliss-reactive ketones (excluding diaryl/α,β-unsaturated/α-hetero) is 1. The van der Waals surface area contributed by atoms with Crippen LogP contribution in [0.15, 0.2) is 54.7 Å². The minimum atomic E-state index is -0.408. The summed E-state index contributed by atoms with van der Waals surface area (Å²) in [6, 6.07) is 13.5. The van der Waals surface area contributed by atoms with Gasteiger partial charge < -0.3 is 4.74 Å². The second-order valence-corrected chi connectivity index (χ2v) is 6.14. The van der Waals surface area contributed by atoms with Crippen LogP contribution in [0.3, 0.4) is 0 Å². The second-order valence-electron chi connectivity index (χ2n) is 6.14. The summed E-state index contributed by atoms with van der Waals surface area (Å²) in [4.78, 5) is 26.4. The average Bonchev–Trinajstić information content (AvgIpc) is 2.70. The highest BCUT2D eigenvalue weighted by Gasteiger charge is 2.17. The number of ether oxygens (including phenoxy) is 1. The zero-order valence-corrected chi connectivity index (χ0v) is 15.0. The lowest BCUT2D eigenvalue weighted by molar-refractivity contribution is 0.101. The molecule has 0 fully saturated rings. The number of hydrogen-bond donors (Lipinski definition) is 0. The normalized spacial score (nSPS) is 10.5. The molecule has 0 N–H and O–H groups in total. The Kier molecular flexibility index (Phi) is 5.41. The van der Waals surface area contributed by atoms with Crippen LogP contribution < -0.4 is 4.74 Å². The monoisotopic (exact) mass is 363 g/mol. The lowest BCUT2D eigenvalue weighted by Gasteiger charge is -2.14. The van der Waals surface area contributed by atoms with E-state index in [0.717, 1.165) is 5.56 Å². The number of hydrogen-bond acceptors (Lipinski definition) is 4. The van der Waals surface area contributed by atoms with Crippen LogP contribution in [-0.4, -0.2) is 24.2 Å². The number of aldehydes is 1. The number of nitrogens with zero attached hydrogens (tertiary/aromatic N) is 1. The van der Waals surface area contributed by atoms with E-state index in [1.54, 1.807) is 54.7 Å². The third-order valence-corrected chi connectivity index (χ3v) is 4.32. The van der Waals surface area contributed by atoms with E-state index in [4.69, 9.17) is 4.74 Å². The molecule has 0 radical (unpaired) electrons. The van der Waals surface area contributed by atoms with Gasteiger partial charge in [-0.2, -0.15) is 0 Å². The standard InChI is InChI=1S/C22H18FNO3/c1-14(26)16-4-3-5-17(11-16)21-20(27-2)9-7-18(22(21)23)10-15-6-8-19(13-25)24-12-15/h3-9,11-13H,10H2,1-2H3. The molecule has 0 aliphatic heterocycles. The van der Waals surface area contributed by atoms with Crippen molar-refractivity contribution in [2.24, 2.45) is 0 Å². The summed E-state index contributed by atoms with van der Waals surface area (Å²) in [6.07, 6.45) is 2.54. The van der Waals surface area contributed by atoms with Gasteiger partial charge in [-0.1, -0.05) is 30.3 Å². The van der Waals surface area contributed by atoms with Crippen molar-refractivity contribution in [1.29, 1.82) is 0 Å². The summed E-state index contributed by atoms with van der Waals surface area (Å²) in [6.45, 7) is 1.47. The number of methoxy groups -OCH3 is 1. The first kappa shape index (κ1) is 18.5. The topological polar surface area (TPSA) is 56.3 Å². The number of ketones is 1. The van der Waals surface area contributed by atoms with Gasteiger partial charge in [-0.25, -0.2) is 4.39 Å². The molecule has 0 unspecified atom stereocenters. The Labute approximate surface area is 156 Å². The summed E-state index contributed by atoms with van der Waals surface area (Å²) in [5.41, 5.74) is 2.99. The third kappa shape index (κ3) is 3.92. The van der Waals surface area contributed by atoms with E-state index >= 15 is 4.39 Å². The molecule has 1 heterocycles. The Hall–Kier alpha value is -3.34. The SMILES string of the molecule is COc1ccc(Cc2ccc(C=O)nc2)c(F)c1-c1cccc(C(C)=O)c1. The minimum absolute atomic E-state index is 0.0891. The Morgan fingerprint density at radius 1 is 1.19 bits per heavy atom. The molecule has 0 spiro atoms. The Bertz CT molecular complexity index is 997. The highest BCUT2D eigenvalue weighted by molar-refractivity contribution is 5.95. The molecule has 0 atom stereocenters. The van der Waals surface area contributed by atoms with Crippen LogP contribution in [0.25, 0.3) is 11.1 Å². The number of aromatic nitrogens is 1. The van der Waals surface area contributed by atoms with Crippen molar-refractivity contribution in [3.63, 3.8) is 0 Å². The van der Waals surface area contributed by atoms with Crippen LogP contribution in [-0.2, 0) is 6.42 Å². The number of halogens is 1. The molecule has 0 aliphatic rings. The predicted molar refractivity (Wildman–Crippen MR) is 101 cm³/mol. The van der Waals surface area contributed by atoms with Gasteiger partial charge in [0.1, 0.15) is 17.3 Å². The molecular formula is C22H18FNO3. The first-order valence-electron chi connectivity index (χ1n) is 8.40. The lowest BCUT2D eigenvalue weighted by atomic mass is 9.96. The van der Waals surface area contributed by atoms with Gasteiger partial charge in [0, 0.05) is 18.2 Å². The smallest absolute Gasteiger partial charge is 0.168 e. The molecule has 1 aromatic heterocycles. The molecule has 0 bridgehead atoms. The third-order valence-electron chi connectivity index (χ3n) is 4.32. The molecule has 0 amide bonds. The summed E-state index contributed by atoms with van der Waals surface area (Å²) in [7, 11) is 1.48. The zero-order valence-electron chi connectivity index (χ0n) is 15.0. The van der Waals surface area contributed by atoms with Crippen LogP contribution >= 0.6 is 0 Å². The van der Waals surface area contributed by atoms with E-state index in [-0.39, 0.29) is 5.78 Å². The number of rotatable bonds is 6. The summed E-state index contributed by atoms with van der Waals surface area (Å²) < 4.78 is 20.7. The van der Waals surface area contributed by atoms with Crippen molar-refractivity contribution < 1.29 is 18.7 Å². The van der Waals surface area contributed by atoms with Gasteiger partial charge in [-0.15, -0.1) is 0 Å². The molecule has 3 aromatic rings. The molecule has 4 nitrogen and oxygen atoms in total. The minimum Gasteiger partial charge on any atom is -0.496 e. The molecule has 2 aromatic carbocycles. The fourth-order valence-corrected chi connectivity index (χ4v) is 2.90. The zero-order chi connectivity index (χ0) is 19.4. The highest BCUT2D eigenvalue weighted by Crippen LogP contribution is 2.35. The van der Waals surface area contributed by atoms with Gasteiger partial charge in [0.05, 0.1) is 12.7 Å². The molecule has 27 heavy (non-hydrogen) atoms. The number of carbonyl (C=O) groups excluding carboxylic acids is 2. The van der Waals surface area contributed by atoms with Gasteiger partial charge >= 0.3 is 0 Å². The van der Waals surface area contributed by atoms with Crippen LogP contribution in [0.1, 0.15) is 38.9 Å². The molecule has 0 saturated heterocycles. The number of pyridine rings is 1. The molecule has 136 valence electrons. The summed E-state index contributed by atoms with van der Waals surface area (Å²) in [5, 5.41) is 0. The van der Waals surface area contributed by atoms with Crippen molar-refractivity contribution in [3.05, 3.63) is 82.9 Å². The summed E-state index contributed by atoms with van der Waals surface area (Å²) >= 11 is 0. The average molecular weight is 363 g/mol. The Balaban J connectivity index is 2.05. The maximum Gasteiger partial charge on any atom is 0.168 e. The first-order valence-corrected chi connectivity index (χ1v) is 8.40. The fourth-order valence-electron chi connectivity index (χ4n) is 2.90. The number of benzene rings is 2. The largest absolute Gasteiger partial charge is 0.496 e. The highest BCUT2D eigenvalue weighted by atomic mass is 19.1. The maximum absolute atomic E-state index is 15.3. The van der Waals surface area contributed by atoms with Gasteiger partial charge in [-0.05, 0) is 41.8 Å². The van der Waals surface area contributed by atoms with Crippen molar-refractivity contribution >= 4 is 12.1 Å². The van der Waals surface area contributed by atoms with Crippen LogP contribution in [0.5, 0.6) is 5.75 Å². The first-order chi connectivity index (χ1) is 13.0. The lowest BCUT2D eigenvalue weighted by Crippen LogP contribution is -2.00. The van der Waals surface area contributed by atoms with Gasteiger partial charge in [0.2, 0.25) is 0 Å². The van der Waals surface area contributed by atoms with Crippen LogP contribution in [0, 0.1) is 5.82 Å². The van der Waals surface area contributed by atoms with E-state index in [0.29, 0.717) is 46.4 Å². The van der Waals surface area contributed by atoms with Crippen molar-refractivity contribution in [3.8, 4) is 16.9 Å². The number of carbonyl (C=O) groups is 2. The Morgan fingerprint density at radius 3 is 2.63 bits per heavy atom. The Morgan fingerprint density at radius 2 is 2.00 bits per heavy atom. The fraction of sp³-hybridized carbons (Fsp3) is 0.136. The molecule has 3 rings (SSSR count). The van der Waals surface area contributed by atoms with Gasteiger partial charge in [0.25, 0.3) is 0 Å². The predicted octanol–water partition coefficient (Wildman–Crippen LogP) is 4.50. The van der Waals surface area contributed by atoms with E-state index in [1.807, 2.05) is 0 Å². The quantitative estimate of drug-likeness (QED) is 0.478. The molecular weight excluding hydrogens is 345 g/mol. The molecule has 0 saturated carbocycles. The van der Waals surface area contributed by atoms with E-state index in [9.17, 15) is 9.59 Å².